The lowest BCUT2D eigenvalue weighted by atomic mass is 10.0. The molecule has 0 saturated heterocycles. The third kappa shape index (κ3) is 21.2. The molecule has 0 aliphatic heterocycles. The molecule has 0 aliphatic carbocycles. The first-order valence-electron chi connectivity index (χ1n) is 8.71. The van der Waals surface area contributed by atoms with Crippen LogP contribution in [0.2, 0.25) is 0 Å². The summed E-state index contributed by atoms with van der Waals surface area (Å²) in [6.07, 6.45) is 22.8. The van der Waals surface area contributed by atoms with Crippen LogP contribution in [-0.2, 0) is 0 Å². The van der Waals surface area contributed by atoms with Crippen molar-refractivity contribution in [1.29, 1.82) is 0 Å². The van der Waals surface area contributed by atoms with Gasteiger partial charge in [0.15, 0.2) is 0 Å². The van der Waals surface area contributed by atoms with E-state index in [1.807, 2.05) is 0 Å². The van der Waals surface area contributed by atoms with Crippen LogP contribution in [0.25, 0.3) is 0 Å². The predicted molar refractivity (Wildman–Crippen MR) is 93.4 cm³/mol. The van der Waals surface area contributed by atoms with Crippen molar-refractivity contribution in [3.05, 3.63) is 6.92 Å². The molecule has 19 heavy (non-hydrogen) atoms. The minimum Gasteiger partial charge on any atom is -0.0654 e. The van der Waals surface area contributed by atoms with Gasteiger partial charge in [-0.05, 0) is 0 Å². The zero-order chi connectivity index (χ0) is 13.3. The zero-order valence-corrected chi connectivity index (χ0v) is 13.0. The molecule has 0 fully saturated rings. The van der Waals surface area contributed by atoms with Crippen LogP contribution in [0.1, 0.15) is 110 Å². The van der Waals surface area contributed by atoms with Crippen LogP contribution >= 0.6 is 0 Å². The van der Waals surface area contributed by atoms with Gasteiger partial charge in [0, 0.05) is 0 Å². The Hall–Kier alpha value is 0.766. The van der Waals surface area contributed by atoms with Gasteiger partial charge in [-0.1, -0.05) is 117 Å². The van der Waals surface area contributed by atoms with Gasteiger partial charge < -0.3 is 0 Å². The molecule has 0 saturated carbocycles. The second-order valence-electron chi connectivity index (χ2n) is 5.80. The van der Waals surface area contributed by atoms with Crippen LogP contribution in [0.3, 0.4) is 0 Å². The highest BCUT2D eigenvalue weighted by Gasteiger charge is 1.93. The Morgan fingerprint density at radius 1 is 0.474 bits per heavy atom. The smallest absolute Gasteiger partial charge is 0.0654 e. The van der Waals surface area contributed by atoms with Crippen molar-refractivity contribution >= 4 is 23.1 Å². The first-order chi connectivity index (χ1) is 8.91. The molecule has 0 nitrogen and oxygen atoms in total. The van der Waals surface area contributed by atoms with Crippen LogP contribution in [0.4, 0.5) is 0 Å². The average Bonchev–Trinajstić information content (AvgIpc) is 2.39. The summed E-state index contributed by atoms with van der Waals surface area (Å²) < 4.78 is 0. The van der Waals surface area contributed by atoms with Crippen LogP contribution in [-0.4, -0.2) is 23.1 Å². The molecule has 0 N–H and O–H groups in total. The van der Waals surface area contributed by atoms with Crippen molar-refractivity contribution in [2.24, 2.45) is 0 Å². The molecular formula is C18H39Mg. The molecule has 1 radical (unpaired) electrons. The van der Waals surface area contributed by atoms with Crippen molar-refractivity contribution in [2.75, 3.05) is 0 Å². The molecule has 1 heteroatoms. The largest absolute Gasteiger partial charge is 0.316 e. The number of hydrogen-bond donors (Lipinski definition) is 0. The van der Waals surface area contributed by atoms with E-state index in [0.29, 0.717) is 0 Å². The van der Waals surface area contributed by atoms with E-state index < -0.39 is 0 Å². The molecule has 0 aromatic heterocycles. The van der Waals surface area contributed by atoms with Crippen molar-refractivity contribution < 1.29 is 0 Å². The Labute approximate surface area is 139 Å². The van der Waals surface area contributed by atoms with Gasteiger partial charge in [-0.2, -0.15) is 0 Å². The van der Waals surface area contributed by atoms with Gasteiger partial charge >= 0.3 is 23.1 Å². The van der Waals surface area contributed by atoms with Crippen LogP contribution < -0.4 is 0 Å². The summed E-state index contributed by atoms with van der Waals surface area (Å²) in [4.78, 5) is 0. The lowest BCUT2D eigenvalue weighted by molar-refractivity contribution is 0.533. The number of hydrogen-bond acceptors (Lipinski definition) is 0. The van der Waals surface area contributed by atoms with Gasteiger partial charge in [0.25, 0.3) is 0 Å². The summed E-state index contributed by atoms with van der Waals surface area (Å²) in [7, 11) is 0. The summed E-state index contributed by atoms with van der Waals surface area (Å²) in [6.45, 7) is 6.18. The van der Waals surface area contributed by atoms with Crippen molar-refractivity contribution in [3.63, 3.8) is 0 Å². The maximum Gasteiger partial charge on any atom is 0.316 e. The van der Waals surface area contributed by atoms with Crippen molar-refractivity contribution in [1.82, 2.24) is 0 Å². The zero-order valence-electron chi connectivity index (χ0n) is 13.0. The molecule has 0 aromatic rings. The summed E-state index contributed by atoms with van der Waals surface area (Å²) in [5, 5.41) is 0. The normalized spacial score (nSPS) is 10.4. The fourth-order valence-electron chi connectivity index (χ4n) is 2.55. The van der Waals surface area contributed by atoms with E-state index in [1.165, 1.54) is 96.3 Å². The molecule has 0 atom stereocenters. The molecular weight excluding hydrogens is 241 g/mol. The minimum atomic E-state index is 0. The topological polar surface area (TPSA) is 0 Å². The first kappa shape index (κ1) is 22.1. The van der Waals surface area contributed by atoms with Gasteiger partial charge in [-0.3, -0.25) is 0 Å². The van der Waals surface area contributed by atoms with Crippen LogP contribution in [0.15, 0.2) is 0 Å². The van der Waals surface area contributed by atoms with E-state index in [4.69, 9.17) is 0 Å². The Balaban J connectivity index is 0. The molecule has 0 rings (SSSR count). The first-order valence-corrected chi connectivity index (χ1v) is 8.71. The monoisotopic (exact) mass is 279 g/mol. The second kappa shape index (κ2) is 21.1. The number of rotatable bonds is 15. The van der Waals surface area contributed by atoms with Crippen LogP contribution in [0.5, 0.6) is 0 Å². The Kier molecular flexibility index (Phi) is 24.5. The molecule has 0 amide bonds. The van der Waals surface area contributed by atoms with E-state index in [0.717, 1.165) is 6.42 Å². The quantitative estimate of drug-likeness (QED) is 0.248. The molecule has 113 valence electrons. The minimum absolute atomic E-state index is 0. The molecule has 0 unspecified atom stereocenters. The van der Waals surface area contributed by atoms with E-state index in [9.17, 15) is 0 Å². The maximum absolute atomic E-state index is 3.88. The third-order valence-electron chi connectivity index (χ3n) is 3.85. The average molecular weight is 280 g/mol. The Morgan fingerprint density at radius 2 is 0.737 bits per heavy atom. The fourth-order valence-corrected chi connectivity index (χ4v) is 2.55. The highest BCUT2D eigenvalue weighted by molar-refractivity contribution is 5.75. The fraction of sp³-hybridized carbons (Fsp3) is 0.944. The van der Waals surface area contributed by atoms with Gasteiger partial charge in [-0.15, -0.1) is 0 Å². The Morgan fingerprint density at radius 3 is 1.00 bits per heavy atom. The SMILES string of the molecule is [CH2]CCCCCCCCCCCCCCCCC.[MgH2]. The summed E-state index contributed by atoms with van der Waals surface area (Å²) in [5.41, 5.74) is 0. The van der Waals surface area contributed by atoms with Gasteiger partial charge in [0.05, 0.1) is 0 Å². The van der Waals surface area contributed by atoms with Crippen LogP contribution in [0, 0.1) is 6.92 Å². The van der Waals surface area contributed by atoms with E-state index in [1.54, 1.807) is 0 Å². The van der Waals surface area contributed by atoms with E-state index in [2.05, 4.69) is 13.8 Å². The molecule has 0 bridgehead atoms. The highest BCUT2D eigenvalue weighted by Crippen LogP contribution is 2.13. The summed E-state index contributed by atoms with van der Waals surface area (Å²) in [5.74, 6) is 0. The highest BCUT2D eigenvalue weighted by atomic mass is 24.3. The van der Waals surface area contributed by atoms with E-state index >= 15 is 0 Å². The lowest BCUT2D eigenvalue weighted by Gasteiger charge is -2.03. The molecule has 0 aromatic carbocycles. The standard InChI is InChI=1S/C18H37.Mg.2H/c1-3-5-7-9-11-13-15-17-18-16-14-12-10-8-6-4-2;;;/h1,3-18H2,2H3;;;. The summed E-state index contributed by atoms with van der Waals surface area (Å²) >= 11 is 0. The maximum atomic E-state index is 3.88. The van der Waals surface area contributed by atoms with Gasteiger partial charge in [0.1, 0.15) is 0 Å². The third-order valence-corrected chi connectivity index (χ3v) is 3.85. The second-order valence-corrected chi connectivity index (χ2v) is 5.80. The molecule has 0 aliphatic rings. The molecule has 0 heterocycles. The van der Waals surface area contributed by atoms with Crippen molar-refractivity contribution in [3.8, 4) is 0 Å². The number of unbranched alkanes of at least 4 members (excludes halogenated alkanes) is 15. The van der Waals surface area contributed by atoms with Crippen molar-refractivity contribution in [2.45, 2.75) is 110 Å². The molecule has 0 spiro atoms. The van der Waals surface area contributed by atoms with Gasteiger partial charge in [-0.25, -0.2) is 0 Å². The Bertz CT molecular complexity index is 118. The van der Waals surface area contributed by atoms with E-state index in [-0.39, 0.29) is 23.1 Å². The summed E-state index contributed by atoms with van der Waals surface area (Å²) in [6, 6.07) is 0. The lowest BCUT2D eigenvalue weighted by Crippen LogP contribution is -1.83. The van der Waals surface area contributed by atoms with Gasteiger partial charge in [0.2, 0.25) is 0 Å². The predicted octanol–water partition coefficient (Wildman–Crippen LogP) is 6.17.